The van der Waals surface area contributed by atoms with Gasteiger partial charge in [-0.05, 0) is 18.8 Å². The van der Waals surface area contributed by atoms with E-state index < -0.39 is 0 Å². The van der Waals surface area contributed by atoms with E-state index in [1.807, 2.05) is 0 Å². The third kappa shape index (κ3) is 2.88. The topological polar surface area (TPSA) is 3.24 Å². The highest BCUT2D eigenvalue weighted by Crippen LogP contribution is 2.17. The summed E-state index contributed by atoms with van der Waals surface area (Å²) in [5, 5.41) is 0. The lowest BCUT2D eigenvalue weighted by Gasteiger charge is -2.33. The van der Waals surface area contributed by atoms with E-state index in [0.717, 1.165) is 6.42 Å². The van der Waals surface area contributed by atoms with Crippen LogP contribution in [0.3, 0.4) is 0 Å². The van der Waals surface area contributed by atoms with Gasteiger partial charge in [-0.3, -0.25) is 0 Å². The van der Waals surface area contributed by atoms with Gasteiger partial charge < -0.3 is 4.90 Å². The van der Waals surface area contributed by atoms with E-state index in [9.17, 15) is 0 Å². The van der Waals surface area contributed by atoms with Crippen molar-refractivity contribution in [1.29, 1.82) is 0 Å². The molecule has 0 saturated carbocycles. The lowest BCUT2D eigenvalue weighted by Crippen LogP contribution is -2.34. The second-order valence-electron chi connectivity index (χ2n) is 3.75. The van der Waals surface area contributed by atoms with Crippen molar-refractivity contribution >= 4 is 0 Å². The first-order valence-electron chi connectivity index (χ1n) is 4.95. The first kappa shape index (κ1) is 11.5. The van der Waals surface area contributed by atoms with Crippen molar-refractivity contribution in [1.82, 2.24) is 4.90 Å². The third-order valence-corrected chi connectivity index (χ3v) is 2.59. The van der Waals surface area contributed by atoms with Gasteiger partial charge in [0.2, 0.25) is 0 Å². The molecule has 0 aromatic carbocycles. The molecule has 1 nitrogen and oxygen atoms in total. The Morgan fingerprint density at radius 3 is 2.08 bits per heavy atom. The van der Waals surface area contributed by atoms with Crippen molar-refractivity contribution in [3.63, 3.8) is 0 Å². The van der Waals surface area contributed by atoms with Crippen molar-refractivity contribution in [2.24, 2.45) is 5.92 Å². The highest BCUT2D eigenvalue weighted by atomic mass is 15.1. The van der Waals surface area contributed by atoms with E-state index in [-0.39, 0.29) is 0 Å². The molecule has 0 aromatic heterocycles. The SMILES string of the molecule is C=C(CC)N(C)C(CC)C(C)C. The average molecular weight is 169 g/mol. The summed E-state index contributed by atoms with van der Waals surface area (Å²) in [7, 11) is 2.15. The highest BCUT2D eigenvalue weighted by molar-refractivity contribution is 4.94. The van der Waals surface area contributed by atoms with Crippen LogP contribution in [0.1, 0.15) is 40.5 Å². The Morgan fingerprint density at radius 2 is 1.83 bits per heavy atom. The van der Waals surface area contributed by atoms with E-state index >= 15 is 0 Å². The van der Waals surface area contributed by atoms with Gasteiger partial charge in [0, 0.05) is 18.8 Å². The lowest BCUT2D eigenvalue weighted by molar-refractivity contribution is 0.228. The predicted octanol–water partition coefficient (Wildman–Crippen LogP) is 3.28. The van der Waals surface area contributed by atoms with Gasteiger partial charge in [-0.25, -0.2) is 0 Å². The molecule has 0 saturated heterocycles. The van der Waals surface area contributed by atoms with Crippen LogP contribution in [0.25, 0.3) is 0 Å². The molecular formula is C11H23N. The van der Waals surface area contributed by atoms with Crippen LogP contribution in [0.5, 0.6) is 0 Å². The molecule has 1 heteroatoms. The largest absolute Gasteiger partial charge is 0.375 e. The van der Waals surface area contributed by atoms with Crippen molar-refractivity contribution < 1.29 is 0 Å². The first-order chi connectivity index (χ1) is 5.54. The summed E-state index contributed by atoms with van der Waals surface area (Å²) in [6.07, 6.45) is 2.26. The van der Waals surface area contributed by atoms with E-state index in [1.54, 1.807) is 0 Å². The second kappa shape index (κ2) is 5.23. The number of allylic oxidation sites excluding steroid dienone is 1. The van der Waals surface area contributed by atoms with Crippen molar-refractivity contribution in [2.45, 2.75) is 46.6 Å². The van der Waals surface area contributed by atoms with Crippen LogP contribution in [0, 0.1) is 5.92 Å². The Bertz CT molecular complexity index is 138. The maximum Gasteiger partial charge on any atom is 0.0303 e. The smallest absolute Gasteiger partial charge is 0.0303 e. The van der Waals surface area contributed by atoms with Crippen LogP contribution in [0.15, 0.2) is 12.3 Å². The molecule has 0 rings (SSSR count). The molecule has 0 bridgehead atoms. The summed E-state index contributed by atoms with van der Waals surface area (Å²) in [5.74, 6) is 0.711. The Kier molecular flexibility index (Phi) is 5.03. The third-order valence-electron chi connectivity index (χ3n) is 2.59. The van der Waals surface area contributed by atoms with Crippen LogP contribution < -0.4 is 0 Å². The van der Waals surface area contributed by atoms with Gasteiger partial charge in [-0.15, -0.1) is 0 Å². The van der Waals surface area contributed by atoms with Crippen molar-refractivity contribution in [3.8, 4) is 0 Å². The van der Waals surface area contributed by atoms with Crippen LogP contribution in [0.4, 0.5) is 0 Å². The first-order valence-corrected chi connectivity index (χ1v) is 4.95. The quantitative estimate of drug-likeness (QED) is 0.610. The Balaban J connectivity index is 4.20. The normalized spacial score (nSPS) is 13.2. The molecule has 12 heavy (non-hydrogen) atoms. The van der Waals surface area contributed by atoms with Gasteiger partial charge in [0.25, 0.3) is 0 Å². The minimum Gasteiger partial charge on any atom is -0.375 e. The molecule has 72 valence electrons. The van der Waals surface area contributed by atoms with E-state index in [0.29, 0.717) is 12.0 Å². The summed E-state index contributed by atoms with van der Waals surface area (Å²) in [5.41, 5.74) is 1.25. The summed E-state index contributed by atoms with van der Waals surface area (Å²) < 4.78 is 0. The predicted molar refractivity (Wildman–Crippen MR) is 56.1 cm³/mol. The number of hydrogen-bond donors (Lipinski definition) is 0. The molecule has 0 heterocycles. The van der Waals surface area contributed by atoms with Gasteiger partial charge in [0.1, 0.15) is 0 Å². The monoisotopic (exact) mass is 169 g/mol. The molecule has 0 aliphatic rings. The molecule has 0 spiro atoms. The van der Waals surface area contributed by atoms with Gasteiger partial charge in [0.15, 0.2) is 0 Å². The van der Waals surface area contributed by atoms with Crippen molar-refractivity contribution in [2.75, 3.05) is 7.05 Å². The average Bonchev–Trinajstić information content (AvgIpc) is 2.03. The molecule has 1 atom stereocenters. The molecule has 0 aromatic rings. The molecule has 0 N–H and O–H groups in total. The van der Waals surface area contributed by atoms with E-state index in [4.69, 9.17) is 0 Å². The zero-order valence-electron chi connectivity index (χ0n) is 9.22. The maximum absolute atomic E-state index is 4.05. The fraction of sp³-hybridized carbons (Fsp3) is 0.818. The van der Waals surface area contributed by atoms with Gasteiger partial charge in [-0.2, -0.15) is 0 Å². The fourth-order valence-electron chi connectivity index (χ4n) is 1.68. The number of nitrogens with zero attached hydrogens (tertiary/aromatic N) is 1. The highest BCUT2D eigenvalue weighted by Gasteiger charge is 2.16. The van der Waals surface area contributed by atoms with E-state index in [1.165, 1.54) is 12.1 Å². The minimum atomic E-state index is 0.650. The van der Waals surface area contributed by atoms with Crippen LogP contribution in [-0.4, -0.2) is 18.0 Å². The Morgan fingerprint density at radius 1 is 1.33 bits per heavy atom. The summed E-state index contributed by atoms with van der Waals surface area (Å²) in [6.45, 7) is 13.0. The number of hydrogen-bond acceptors (Lipinski definition) is 1. The van der Waals surface area contributed by atoms with E-state index in [2.05, 4.69) is 46.2 Å². The van der Waals surface area contributed by atoms with Crippen LogP contribution >= 0.6 is 0 Å². The zero-order chi connectivity index (χ0) is 9.72. The van der Waals surface area contributed by atoms with Gasteiger partial charge >= 0.3 is 0 Å². The van der Waals surface area contributed by atoms with Gasteiger partial charge in [0.05, 0.1) is 0 Å². The molecule has 0 aliphatic heterocycles. The lowest BCUT2D eigenvalue weighted by atomic mass is 10.00. The van der Waals surface area contributed by atoms with Gasteiger partial charge in [-0.1, -0.05) is 34.3 Å². The molecule has 0 aliphatic carbocycles. The van der Waals surface area contributed by atoms with Crippen LogP contribution in [-0.2, 0) is 0 Å². The number of rotatable bonds is 5. The second-order valence-corrected chi connectivity index (χ2v) is 3.75. The maximum atomic E-state index is 4.05. The Labute approximate surface area is 77.5 Å². The van der Waals surface area contributed by atoms with Crippen LogP contribution in [0.2, 0.25) is 0 Å². The van der Waals surface area contributed by atoms with Crippen molar-refractivity contribution in [3.05, 3.63) is 12.3 Å². The summed E-state index contributed by atoms with van der Waals surface area (Å²) in [6, 6.07) is 0.650. The minimum absolute atomic E-state index is 0.650. The molecular weight excluding hydrogens is 146 g/mol. The Hall–Kier alpha value is -0.460. The standard InChI is InChI=1S/C11H23N/c1-7-10(5)12(6)11(8-2)9(3)4/h9,11H,5,7-8H2,1-4,6H3. The summed E-state index contributed by atoms with van der Waals surface area (Å²) in [4.78, 5) is 2.32. The zero-order valence-corrected chi connectivity index (χ0v) is 9.22. The fourth-order valence-corrected chi connectivity index (χ4v) is 1.68. The summed E-state index contributed by atoms with van der Waals surface area (Å²) >= 11 is 0. The molecule has 1 unspecified atom stereocenters. The molecule has 0 amide bonds. The molecule has 0 fully saturated rings. The molecule has 0 radical (unpaired) electrons.